The molecule has 1 fully saturated rings. The number of carbonyl (C=O) groups is 1. The molecule has 0 saturated carbocycles. The number of carbonyl (C=O) groups excluding carboxylic acids is 1. The van der Waals surface area contributed by atoms with Crippen LogP contribution in [0.3, 0.4) is 0 Å². The van der Waals surface area contributed by atoms with Crippen molar-refractivity contribution in [3.8, 4) is 17.1 Å². The predicted molar refractivity (Wildman–Crippen MR) is 154 cm³/mol. The number of rotatable bonds is 4. The first-order valence-corrected chi connectivity index (χ1v) is 13.8. The SMILES string of the molecule is Cc1cccc(-c2ccn(-c3cc(N4CCOCC4)n4nc(C5=CCN(C(=O)OC(C)(C)C)CC5)cc4n3)n2)c1. The molecule has 40 heavy (non-hydrogen) atoms. The highest BCUT2D eigenvalue weighted by Crippen LogP contribution is 2.28. The molecule has 2 aliphatic heterocycles. The smallest absolute Gasteiger partial charge is 0.410 e. The van der Waals surface area contributed by atoms with Gasteiger partial charge in [-0.3, -0.25) is 0 Å². The van der Waals surface area contributed by atoms with Gasteiger partial charge in [0.05, 0.1) is 24.6 Å². The summed E-state index contributed by atoms with van der Waals surface area (Å²) in [6, 6.07) is 14.4. The average molecular weight is 542 g/mol. The van der Waals surface area contributed by atoms with E-state index in [1.54, 1.807) is 4.90 Å². The van der Waals surface area contributed by atoms with Gasteiger partial charge in [-0.2, -0.15) is 14.7 Å². The first-order chi connectivity index (χ1) is 19.2. The number of anilines is 1. The molecule has 0 aliphatic carbocycles. The van der Waals surface area contributed by atoms with Crippen LogP contribution in [0.15, 0.2) is 54.7 Å². The highest BCUT2D eigenvalue weighted by Gasteiger charge is 2.25. The summed E-state index contributed by atoms with van der Waals surface area (Å²) in [6.45, 7) is 11.7. The van der Waals surface area contributed by atoms with E-state index in [4.69, 9.17) is 24.7 Å². The van der Waals surface area contributed by atoms with Gasteiger partial charge in [-0.15, -0.1) is 0 Å². The van der Waals surface area contributed by atoms with Gasteiger partial charge < -0.3 is 19.3 Å². The molecule has 1 aromatic carbocycles. The topological polar surface area (TPSA) is 90.0 Å². The molecular formula is C30H35N7O3. The van der Waals surface area contributed by atoms with Crippen LogP contribution in [-0.2, 0) is 9.47 Å². The van der Waals surface area contributed by atoms with Crippen molar-refractivity contribution < 1.29 is 14.3 Å². The van der Waals surface area contributed by atoms with E-state index in [9.17, 15) is 4.79 Å². The molecule has 0 spiro atoms. The van der Waals surface area contributed by atoms with Crippen molar-refractivity contribution in [2.45, 2.75) is 39.7 Å². The zero-order valence-corrected chi connectivity index (χ0v) is 23.5. The highest BCUT2D eigenvalue weighted by atomic mass is 16.6. The fourth-order valence-electron chi connectivity index (χ4n) is 5.04. The summed E-state index contributed by atoms with van der Waals surface area (Å²) < 4.78 is 14.9. The third-order valence-corrected chi connectivity index (χ3v) is 7.06. The maximum atomic E-state index is 12.5. The molecule has 3 aromatic heterocycles. The lowest BCUT2D eigenvalue weighted by molar-refractivity contribution is 0.0270. The van der Waals surface area contributed by atoms with Crippen molar-refractivity contribution in [2.75, 3.05) is 44.3 Å². The van der Waals surface area contributed by atoms with Crippen LogP contribution in [0.1, 0.15) is 38.4 Å². The Labute approximate surface area is 233 Å². The van der Waals surface area contributed by atoms with Gasteiger partial charge >= 0.3 is 6.09 Å². The normalized spacial score (nSPS) is 16.4. The largest absolute Gasteiger partial charge is 0.444 e. The Morgan fingerprint density at radius 2 is 1.82 bits per heavy atom. The van der Waals surface area contributed by atoms with Crippen molar-refractivity contribution in [1.29, 1.82) is 0 Å². The van der Waals surface area contributed by atoms with Gasteiger partial charge in [0.1, 0.15) is 11.4 Å². The molecule has 0 radical (unpaired) electrons. The van der Waals surface area contributed by atoms with Gasteiger partial charge in [0.2, 0.25) is 0 Å². The number of morpholine rings is 1. The first-order valence-electron chi connectivity index (χ1n) is 13.8. The third kappa shape index (κ3) is 5.44. The minimum atomic E-state index is -0.517. The zero-order chi connectivity index (χ0) is 27.9. The molecule has 0 bridgehead atoms. The second-order valence-corrected chi connectivity index (χ2v) is 11.3. The molecule has 6 rings (SSSR count). The van der Waals surface area contributed by atoms with E-state index in [1.165, 1.54) is 5.56 Å². The average Bonchev–Trinajstić information content (AvgIpc) is 3.60. The van der Waals surface area contributed by atoms with Crippen LogP contribution in [0.4, 0.5) is 10.6 Å². The Bertz CT molecular complexity index is 1570. The molecule has 0 N–H and O–H groups in total. The molecule has 10 heteroatoms. The van der Waals surface area contributed by atoms with E-state index >= 15 is 0 Å². The van der Waals surface area contributed by atoms with Crippen LogP contribution >= 0.6 is 0 Å². The summed E-state index contributed by atoms with van der Waals surface area (Å²) >= 11 is 0. The first kappa shape index (κ1) is 26.1. The van der Waals surface area contributed by atoms with Crippen LogP contribution in [0.2, 0.25) is 0 Å². The Morgan fingerprint density at radius 1 is 1.00 bits per heavy atom. The van der Waals surface area contributed by atoms with E-state index in [0.29, 0.717) is 32.7 Å². The number of hydrogen-bond acceptors (Lipinski definition) is 7. The Hall–Kier alpha value is -4.18. The van der Waals surface area contributed by atoms with Gasteiger partial charge in [-0.05, 0) is 51.8 Å². The molecule has 208 valence electrons. The van der Waals surface area contributed by atoms with Crippen molar-refractivity contribution >= 4 is 23.1 Å². The number of benzene rings is 1. The second-order valence-electron chi connectivity index (χ2n) is 11.3. The molecule has 0 unspecified atom stereocenters. The van der Waals surface area contributed by atoms with Crippen LogP contribution in [0.5, 0.6) is 0 Å². The van der Waals surface area contributed by atoms with E-state index in [0.717, 1.165) is 52.9 Å². The summed E-state index contributed by atoms with van der Waals surface area (Å²) in [5.74, 6) is 1.68. The fraction of sp³-hybridized carbons (Fsp3) is 0.400. The predicted octanol–water partition coefficient (Wildman–Crippen LogP) is 4.75. The van der Waals surface area contributed by atoms with Gasteiger partial charge in [-0.25, -0.2) is 14.5 Å². The quantitative estimate of drug-likeness (QED) is 0.368. The summed E-state index contributed by atoms with van der Waals surface area (Å²) in [7, 11) is 0. The lowest BCUT2D eigenvalue weighted by Crippen LogP contribution is -2.39. The molecule has 1 amide bonds. The monoisotopic (exact) mass is 541 g/mol. The lowest BCUT2D eigenvalue weighted by atomic mass is 10.1. The van der Waals surface area contributed by atoms with Gasteiger partial charge in [0, 0.05) is 50.1 Å². The van der Waals surface area contributed by atoms with Gasteiger partial charge in [0.25, 0.3) is 0 Å². The van der Waals surface area contributed by atoms with Crippen molar-refractivity contribution in [3.63, 3.8) is 0 Å². The van der Waals surface area contributed by atoms with Crippen molar-refractivity contribution in [3.05, 3.63) is 66.0 Å². The van der Waals surface area contributed by atoms with Crippen LogP contribution in [0, 0.1) is 6.92 Å². The van der Waals surface area contributed by atoms with Crippen LogP contribution < -0.4 is 4.90 Å². The standard InChI is InChI=1S/C30H35N7O3/c1-21-6-5-7-23(18-21)24-10-13-36(32-24)26-20-28(34-14-16-39-17-15-34)37-27(31-26)19-25(33-37)22-8-11-35(12-9-22)29(38)40-30(2,3)4/h5-8,10,13,18-20H,9,11-12,14-17H2,1-4H3. The molecule has 4 aromatic rings. The summed E-state index contributed by atoms with van der Waals surface area (Å²) in [4.78, 5) is 21.5. The number of amides is 1. The minimum Gasteiger partial charge on any atom is -0.444 e. The van der Waals surface area contributed by atoms with E-state index in [-0.39, 0.29) is 6.09 Å². The second kappa shape index (κ2) is 10.4. The van der Waals surface area contributed by atoms with E-state index in [2.05, 4.69) is 36.1 Å². The lowest BCUT2D eigenvalue weighted by Gasteiger charge is -2.29. The van der Waals surface area contributed by atoms with Crippen LogP contribution in [-0.4, -0.2) is 80.4 Å². The summed E-state index contributed by atoms with van der Waals surface area (Å²) in [5.41, 5.74) is 5.36. The number of hydrogen-bond donors (Lipinski definition) is 0. The zero-order valence-electron chi connectivity index (χ0n) is 23.5. The fourth-order valence-corrected chi connectivity index (χ4v) is 5.04. The number of aromatic nitrogens is 5. The van der Waals surface area contributed by atoms with Crippen molar-refractivity contribution in [1.82, 2.24) is 29.3 Å². The minimum absolute atomic E-state index is 0.289. The molecule has 2 aliphatic rings. The molecular weight excluding hydrogens is 506 g/mol. The molecule has 1 saturated heterocycles. The number of aryl methyl sites for hydroxylation is 1. The maximum absolute atomic E-state index is 12.5. The van der Waals surface area contributed by atoms with Gasteiger partial charge in [-0.1, -0.05) is 29.8 Å². The van der Waals surface area contributed by atoms with Gasteiger partial charge in [0.15, 0.2) is 11.5 Å². The number of nitrogens with zero attached hydrogens (tertiary/aromatic N) is 7. The van der Waals surface area contributed by atoms with E-state index < -0.39 is 5.60 Å². The number of fused-ring (bicyclic) bond motifs is 1. The van der Waals surface area contributed by atoms with Crippen LogP contribution in [0.25, 0.3) is 28.3 Å². The summed E-state index contributed by atoms with van der Waals surface area (Å²) in [6.07, 6.45) is 4.42. The Balaban J connectivity index is 1.33. The Morgan fingerprint density at radius 3 is 2.55 bits per heavy atom. The molecule has 0 atom stereocenters. The third-order valence-electron chi connectivity index (χ3n) is 7.06. The van der Waals surface area contributed by atoms with Crippen molar-refractivity contribution in [2.24, 2.45) is 0 Å². The van der Waals surface area contributed by atoms with E-state index in [1.807, 2.05) is 60.4 Å². The molecule has 10 nitrogen and oxygen atoms in total. The molecule has 5 heterocycles. The Kier molecular flexibility index (Phi) is 6.79. The summed E-state index contributed by atoms with van der Waals surface area (Å²) in [5, 5.41) is 9.83. The maximum Gasteiger partial charge on any atom is 0.410 e. The highest BCUT2D eigenvalue weighted by molar-refractivity contribution is 5.73. The number of ether oxygens (including phenoxy) is 2.